The molecule has 1 fully saturated rings. The molecule has 0 aromatic heterocycles. The van der Waals surface area contributed by atoms with Crippen LogP contribution in [0.25, 0.3) is 0 Å². The van der Waals surface area contributed by atoms with Gasteiger partial charge in [0.1, 0.15) is 5.75 Å². The van der Waals surface area contributed by atoms with Gasteiger partial charge in [0.2, 0.25) is 11.8 Å². The van der Waals surface area contributed by atoms with E-state index < -0.39 is 5.41 Å². The second-order valence-electron chi connectivity index (χ2n) is 5.42. The number of benzene rings is 1. The van der Waals surface area contributed by atoms with Crippen molar-refractivity contribution in [3.63, 3.8) is 0 Å². The van der Waals surface area contributed by atoms with Crippen LogP contribution in [0.3, 0.4) is 0 Å². The minimum atomic E-state index is -0.688. The number of phenolic OH excluding ortho intramolecular Hbond substituents is 1. The standard InChI is InChI=1S/C14H16ClNO3/c1-8(2)14(3)7-12(18)16(13(14)19)9-4-5-10(15)11(17)6-9/h4-6,8,17H,7H2,1-3H3. The third kappa shape index (κ3) is 2.10. The molecule has 102 valence electrons. The number of carbonyl (C=O) groups is 2. The third-order valence-electron chi connectivity index (χ3n) is 3.92. The molecular weight excluding hydrogens is 266 g/mol. The van der Waals surface area contributed by atoms with E-state index in [0.29, 0.717) is 5.69 Å². The maximum absolute atomic E-state index is 12.5. The number of hydrogen-bond acceptors (Lipinski definition) is 3. The highest BCUT2D eigenvalue weighted by Crippen LogP contribution is 2.42. The van der Waals surface area contributed by atoms with Gasteiger partial charge in [-0.1, -0.05) is 25.4 Å². The molecule has 19 heavy (non-hydrogen) atoms. The number of carbonyl (C=O) groups excluding carboxylic acids is 2. The molecule has 1 aliphatic heterocycles. The Hall–Kier alpha value is -1.55. The fourth-order valence-electron chi connectivity index (χ4n) is 2.19. The van der Waals surface area contributed by atoms with Crippen LogP contribution in [0.5, 0.6) is 5.75 Å². The molecule has 2 rings (SSSR count). The van der Waals surface area contributed by atoms with E-state index in [0.717, 1.165) is 4.90 Å². The number of halogens is 1. The van der Waals surface area contributed by atoms with E-state index in [2.05, 4.69) is 0 Å². The van der Waals surface area contributed by atoms with E-state index in [1.807, 2.05) is 13.8 Å². The fourth-order valence-corrected chi connectivity index (χ4v) is 2.31. The number of imide groups is 1. The third-order valence-corrected chi connectivity index (χ3v) is 4.24. The largest absolute Gasteiger partial charge is 0.506 e. The Morgan fingerprint density at radius 1 is 1.37 bits per heavy atom. The minimum absolute atomic E-state index is 0.0647. The van der Waals surface area contributed by atoms with E-state index >= 15 is 0 Å². The molecule has 1 aromatic carbocycles. The van der Waals surface area contributed by atoms with Gasteiger partial charge in [0, 0.05) is 12.5 Å². The molecule has 4 nitrogen and oxygen atoms in total. The lowest BCUT2D eigenvalue weighted by Crippen LogP contribution is -2.36. The molecule has 1 aromatic rings. The maximum atomic E-state index is 12.5. The van der Waals surface area contributed by atoms with Gasteiger partial charge in [-0.15, -0.1) is 0 Å². The number of phenols is 1. The Kier molecular flexibility index (Phi) is 3.31. The van der Waals surface area contributed by atoms with Gasteiger partial charge < -0.3 is 5.11 Å². The van der Waals surface area contributed by atoms with Crippen molar-refractivity contribution >= 4 is 29.1 Å². The first-order chi connectivity index (χ1) is 8.77. The lowest BCUT2D eigenvalue weighted by molar-refractivity contribution is -0.126. The molecular formula is C14H16ClNO3. The summed E-state index contributed by atoms with van der Waals surface area (Å²) in [5.41, 5.74) is -0.326. The first kappa shape index (κ1) is 13.9. The monoisotopic (exact) mass is 281 g/mol. The van der Waals surface area contributed by atoms with Gasteiger partial charge >= 0.3 is 0 Å². The second kappa shape index (κ2) is 4.53. The highest BCUT2D eigenvalue weighted by Gasteiger charge is 2.50. The van der Waals surface area contributed by atoms with Gasteiger partial charge in [-0.3, -0.25) is 9.59 Å². The minimum Gasteiger partial charge on any atom is -0.506 e. The van der Waals surface area contributed by atoms with Crippen molar-refractivity contribution in [3.05, 3.63) is 23.2 Å². The predicted octanol–water partition coefficient (Wildman–Crippen LogP) is 2.97. The molecule has 5 heteroatoms. The SMILES string of the molecule is CC(C)C1(C)CC(=O)N(c2ccc(Cl)c(O)c2)C1=O. The van der Waals surface area contributed by atoms with E-state index in [9.17, 15) is 14.7 Å². The van der Waals surface area contributed by atoms with Crippen LogP contribution in [0.1, 0.15) is 27.2 Å². The molecule has 0 saturated carbocycles. The summed E-state index contributed by atoms with van der Waals surface area (Å²) in [5, 5.41) is 9.78. The zero-order valence-electron chi connectivity index (χ0n) is 11.1. The Morgan fingerprint density at radius 3 is 2.47 bits per heavy atom. The first-order valence-electron chi connectivity index (χ1n) is 6.13. The van der Waals surface area contributed by atoms with Gasteiger partial charge in [0.25, 0.3) is 0 Å². The average Bonchev–Trinajstić information content (AvgIpc) is 2.55. The van der Waals surface area contributed by atoms with Crippen LogP contribution >= 0.6 is 11.6 Å². The summed E-state index contributed by atoms with van der Waals surface area (Å²) in [6.45, 7) is 5.65. The molecule has 0 spiro atoms. The second-order valence-corrected chi connectivity index (χ2v) is 5.83. The van der Waals surface area contributed by atoms with Crippen molar-refractivity contribution in [3.8, 4) is 5.75 Å². The van der Waals surface area contributed by atoms with Crippen LogP contribution in [0.4, 0.5) is 5.69 Å². The van der Waals surface area contributed by atoms with Crippen LogP contribution in [0.15, 0.2) is 18.2 Å². The van der Waals surface area contributed by atoms with Gasteiger partial charge in [-0.05, 0) is 25.0 Å². The van der Waals surface area contributed by atoms with Crippen molar-refractivity contribution in [2.24, 2.45) is 11.3 Å². The summed E-state index contributed by atoms with van der Waals surface area (Å²) >= 11 is 5.73. The van der Waals surface area contributed by atoms with Crippen LogP contribution in [0.2, 0.25) is 5.02 Å². The Morgan fingerprint density at radius 2 is 2.00 bits per heavy atom. The topological polar surface area (TPSA) is 57.6 Å². The van der Waals surface area contributed by atoms with Crippen molar-refractivity contribution < 1.29 is 14.7 Å². The van der Waals surface area contributed by atoms with E-state index in [1.54, 1.807) is 13.0 Å². The molecule has 1 heterocycles. The summed E-state index contributed by atoms with van der Waals surface area (Å²) in [4.78, 5) is 25.7. The van der Waals surface area contributed by atoms with Crippen LogP contribution in [0, 0.1) is 11.3 Å². The lowest BCUT2D eigenvalue weighted by atomic mass is 9.78. The van der Waals surface area contributed by atoms with Crippen molar-refractivity contribution in [2.75, 3.05) is 4.90 Å². The number of amides is 2. The summed E-state index contributed by atoms with van der Waals surface area (Å²) in [6.07, 6.45) is 0.187. The van der Waals surface area contributed by atoms with Gasteiger partial charge in [0.15, 0.2) is 0 Å². The predicted molar refractivity (Wildman–Crippen MR) is 73.2 cm³/mol. The van der Waals surface area contributed by atoms with E-state index in [4.69, 9.17) is 11.6 Å². The van der Waals surface area contributed by atoms with Crippen LogP contribution in [-0.2, 0) is 9.59 Å². The number of hydrogen-bond donors (Lipinski definition) is 1. The molecule has 1 aliphatic rings. The average molecular weight is 282 g/mol. The van der Waals surface area contributed by atoms with Crippen molar-refractivity contribution in [2.45, 2.75) is 27.2 Å². The van der Waals surface area contributed by atoms with Crippen LogP contribution < -0.4 is 4.90 Å². The summed E-state index contributed by atoms with van der Waals surface area (Å²) in [5.74, 6) is -0.551. The van der Waals surface area contributed by atoms with Crippen molar-refractivity contribution in [1.82, 2.24) is 0 Å². The summed E-state index contributed by atoms with van der Waals surface area (Å²) < 4.78 is 0. The zero-order valence-corrected chi connectivity index (χ0v) is 11.9. The highest BCUT2D eigenvalue weighted by atomic mass is 35.5. The number of nitrogens with zero attached hydrogens (tertiary/aromatic N) is 1. The fraction of sp³-hybridized carbons (Fsp3) is 0.429. The van der Waals surface area contributed by atoms with Gasteiger partial charge in [0.05, 0.1) is 16.1 Å². The highest BCUT2D eigenvalue weighted by molar-refractivity contribution is 6.32. The molecule has 1 unspecified atom stereocenters. The van der Waals surface area contributed by atoms with E-state index in [-0.39, 0.29) is 34.9 Å². The number of rotatable bonds is 2. The molecule has 0 aliphatic carbocycles. The lowest BCUT2D eigenvalue weighted by Gasteiger charge is -2.26. The molecule has 0 bridgehead atoms. The van der Waals surface area contributed by atoms with Gasteiger partial charge in [-0.25, -0.2) is 4.90 Å². The summed E-state index contributed by atoms with van der Waals surface area (Å²) in [7, 11) is 0. The quantitative estimate of drug-likeness (QED) is 0.848. The molecule has 0 radical (unpaired) electrons. The number of aromatic hydroxyl groups is 1. The summed E-state index contributed by atoms with van der Waals surface area (Å²) in [6, 6.07) is 4.37. The van der Waals surface area contributed by atoms with E-state index in [1.165, 1.54) is 12.1 Å². The Balaban J connectivity index is 2.43. The van der Waals surface area contributed by atoms with Crippen LogP contribution in [-0.4, -0.2) is 16.9 Å². The maximum Gasteiger partial charge on any atom is 0.240 e. The smallest absolute Gasteiger partial charge is 0.240 e. The van der Waals surface area contributed by atoms with Gasteiger partial charge in [-0.2, -0.15) is 0 Å². The normalized spacial score (nSPS) is 23.5. The molecule has 1 saturated heterocycles. The zero-order chi connectivity index (χ0) is 14.4. The molecule has 2 amide bonds. The molecule has 1 N–H and O–H groups in total. The first-order valence-corrected chi connectivity index (χ1v) is 6.51. The molecule has 1 atom stereocenters. The van der Waals surface area contributed by atoms with Crippen molar-refractivity contribution in [1.29, 1.82) is 0 Å². The Bertz CT molecular complexity index is 556. The Labute approximate surface area is 117 Å². The number of anilines is 1.